The van der Waals surface area contributed by atoms with E-state index in [2.05, 4.69) is 10.3 Å². The number of nitrogens with zero attached hydrogens (tertiary/aromatic N) is 1. The third kappa shape index (κ3) is 2.13. The molecule has 0 spiro atoms. The molecule has 0 aliphatic heterocycles. The van der Waals surface area contributed by atoms with E-state index < -0.39 is 0 Å². The molecule has 0 unspecified atom stereocenters. The number of aromatic amines is 1. The first-order valence-corrected chi connectivity index (χ1v) is 5.37. The zero-order valence-electron chi connectivity index (χ0n) is 9.79. The number of hydrogen-bond donors (Lipinski definition) is 2. The molecule has 0 fully saturated rings. The van der Waals surface area contributed by atoms with Gasteiger partial charge in [0.25, 0.3) is 0 Å². The molecule has 0 bridgehead atoms. The molecule has 0 saturated heterocycles. The van der Waals surface area contributed by atoms with Gasteiger partial charge in [0.1, 0.15) is 6.42 Å². The quantitative estimate of drug-likeness (QED) is 0.828. The van der Waals surface area contributed by atoms with Gasteiger partial charge in [0.05, 0.1) is 6.07 Å². The van der Waals surface area contributed by atoms with E-state index in [0.29, 0.717) is 0 Å². The van der Waals surface area contributed by atoms with Crippen molar-refractivity contribution < 1.29 is 4.79 Å². The fourth-order valence-corrected chi connectivity index (χ4v) is 1.82. The number of carbonyl (C=O) groups is 1. The van der Waals surface area contributed by atoms with Crippen molar-refractivity contribution in [2.24, 2.45) is 0 Å². The van der Waals surface area contributed by atoms with E-state index in [1.165, 1.54) is 5.56 Å². The van der Waals surface area contributed by atoms with Gasteiger partial charge in [-0.05, 0) is 37.6 Å². The summed E-state index contributed by atoms with van der Waals surface area (Å²) in [7, 11) is 0. The average molecular weight is 227 g/mol. The SMILES string of the molecule is Cc1[nH]c2ccc(NC(=O)CC#N)cc2c1C. The molecule has 0 atom stereocenters. The van der Waals surface area contributed by atoms with Crippen LogP contribution in [-0.2, 0) is 4.79 Å². The second kappa shape index (κ2) is 4.30. The van der Waals surface area contributed by atoms with E-state index >= 15 is 0 Å². The van der Waals surface area contributed by atoms with Crippen molar-refractivity contribution in [2.75, 3.05) is 5.32 Å². The van der Waals surface area contributed by atoms with Crippen LogP contribution in [0.1, 0.15) is 17.7 Å². The summed E-state index contributed by atoms with van der Waals surface area (Å²) in [6.45, 7) is 4.05. The lowest BCUT2D eigenvalue weighted by atomic mass is 10.1. The number of aryl methyl sites for hydroxylation is 2. The maximum absolute atomic E-state index is 11.3. The van der Waals surface area contributed by atoms with Crippen molar-refractivity contribution in [1.82, 2.24) is 4.98 Å². The zero-order chi connectivity index (χ0) is 12.4. The van der Waals surface area contributed by atoms with Crippen molar-refractivity contribution in [3.05, 3.63) is 29.5 Å². The predicted molar refractivity (Wildman–Crippen MR) is 66.6 cm³/mol. The normalized spacial score (nSPS) is 10.2. The molecule has 1 aromatic heterocycles. The smallest absolute Gasteiger partial charge is 0.238 e. The summed E-state index contributed by atoms with van der Waals surface area (Å²) in [4.78, 5) is 14.6. The van der Waals surface area contributed by atoms with Crippen LogP contribution >= 0.6 is 0 Å². The molecule has 1 aromatic carbocycles. The molecule has 4 heteroatoms. The topological polar surface area (TPSA) is 68.7 Å². The first-order valence-electron chi connectivity index (χ1n) is 5.37. The lowest BCUT2D eigenvalue weighted by Crippen LogP contribution is -2.09. The van der Waals surface area contributed by atoms with E-state index in [1.807, 2.05) is 38.1 Å². The third-order valence-corrected chi connectivity index (χ3v) is 2.83. The maximum Gasteiger partial charge on any atom is 0.238 e. The number of nitriles is 1. The van der Waals surface area contributed by atoms with Gasteiger partial charge < -0.3 is 10.3 Å². The monoisotopic (exact) mass is 227 g/mol. The number of anilines is 1. The Labute approximate surface area is 99.3 Å². The minimum atomic E-state index is -0.281. The number of aromatic nitrogens is 1. The number of amides is 1. The fourth-order valence-electron chi connectivity index (χ4n) is 1.82. The molecule has 2 N–H and O–H groups in total. The molecular weight excluding hydrogens is 214 g/mol. The second-order valence-electron chi connectivity index (χ2n) is 4.02. The molecule has 0 aliphatic carbocycles. The van der Waals surface area contributed by atoms with Crippen LogP contribution < -0.4 is 5.32 Å². The van der Waals surface area contributed by atoms with Crippen molar-refractivity contribution >= 4 is 22.5 Å². The molecule has 1 amide bonds. The highest BCUT2D eigenvalue weighted by molar-refractivity contribution is 5.95. The van der Waals surface area contributed by atoms with Gasteiger partial charge in [-0.2, -0.15) is 5.26 Å². The van der Waals surface area contributed by atoms with Crippen molar-refractivity contribution in [3.8, 4) is 6.07 Å². The van der Waals surface area contributed by atoms with Crippen LogP contribution in [0.25, 0.3) is 10.9 Å². The fraction of sp³-hybridized carbons (Fsp3) is 0.231. The van der Waals surface area contributed by atoms with Gasteiger partial charge in [0.2, 0.25) is 5.91 Å². The van der Waals surface area contributed by atoms with E-state index in [-0.39, 0.29) is 12.3 Å². The molecule has 0 saturated carbocycles. The molecule has 2 rings (SSSR count). The Balaban J connectivity index is 2.35. The highest BCUT2D eigenvalue weighted by atomic mass is 16.1. The summed E-state index contributed by atoms with van der Waals surface area (Å²) < 4.78 is 0. The Hall–Kier alpha value is -2.28. The van der Waals surface area contributed by atoms with Gasteiger partial charge in [0, 0.05) is 22.3 Å². The van der Waals surface area contributed by atoms with Crippen LogP contribution in [-0.4, -0.2) is 10.9 Å². The Morgan fingerprint density at radius 2 is 2.24 bits per heavy atom. The van der Waals surface area contributed by atoms with E-state index in [0.717, 1.165) is 22.3 Å². The Morgan fingerprint density at radius 1 is 1.47 bits per heavy atom. The first-order chi connectivity index (χ1) is 8.11. The van der Waals surface area contributed by atoms with Crippen LogP contribution in [0.5, 0.6) is 0 Å². The number of fused-ring (bicyclic) bond motifs is 1. The molecule has 2 aromatic rings. The van der Waals surface area contributed by atoms with E-state index in [9.17, 15) is 4.79 Å². The standard InChI is InChI=1S/C13H13N3O/c1-8-9(2)15-12-4-3-10(7-11(8)12)16-13(17)5-6-14/h3-4,7,15H,5H2,1-2H3,(H,16,17). The summed E-state index contributed by atoms with van der Waals surface area (Å²) in [5, 5.41) is 12.2. The molecule has 0 radical (unpaired) electrons. The lowest BCUT2D eigenvalue weighted by Gasteiger charge is -2.02. The summed E-state index contributed by atoms with van der Waals surface area (Å²) in [5.74, 6) is -0.281. The van der Waals surface area contributed by atoms with Crippen LogP contribution in [0.2, 0.25) is 0 Å². The van der Waals surface area contributed by atoms with Crippen LogP contribution in [0.4, 0.5) is 5.69 Å². The minimum absolute atomic E-state index is 0.122. The Morgan fingerprint density at radius 3 is 2.94 bits per heavy atom. The van der Waals surface area contributed by atoms with Gasteiger partial charge in [-0.3, -0.25) is 4.79 Å². The Kier molecular flexibility index (Phi) is 2.84. The maximum atomic E-state index is 11.3. The van der Waals surface area contributed by atoms with Gasteiger partial charge in [-0.25, -0.2) is 0 Å². The third-order valence-electron chi connectivity index (χ3n) is 2.83. The van der Waals surface area contributed by atoms with Crippen molar-refractivity contribution in [2.45, 2.75) is 20.3 Å². The van der Waals surface area contributed by atoms with E-state index in [1.54, 1.807) is 0 Å². The summed E-state index contributed by atoms with van der Waals surface area (Å²) in [6.07, 6.45) is -0.122. The number of nitrogens with one attached hydrogen (secondary N) is 2. The van der Waals surface area contributed by atoms with Gasteiger partial charge in [-0.1, -0.05) is 0 Å². The summed E-state index contributed by atoms with van der Waals surface area (Å²) in [6, 6.07) is 7.50. The number of carbonyl (C=O) groups excluding carboxylic acids is 1. The average Bonchev–Trinajstić information content (AvgIpc) is 2.56. The van der Waals surface area contributed by atoms with Crippen LogP contribution in [0, 0.1) is 25.2 Å². The van der Waals surface area contributed by atoms with Gasteiger partial charge >= 0.3 is 0 Å². The highest BCUT2D eigenvalue weighted by Crippen LogP contribution is 2.24. The number of benzene rings is 1. The second-order valence-corrected chi connectivity index (χ2v) is 4.02. The van der Waals surface area contributed by atoms with Gasteiger partial charge in [-0.15, -0.1) is 0 Å². The molecule has 1 heterocycles. The first kappa shape index (κ1) is 11.2. The number of hydrogen-bond acceptors (Lipinski definition) is 2. The van der Waals surface area contributed by atoms with Crippen molar-refractivity contribution in [1.29, 1.82) is 5.26 Å². The summed E-state index contributed by atoms with van der Waals surface area (Å²) >= 11 is 0. The number of rotatable bonds is 2. The Bertz CT molecular complexity index is 619. The lowest BCUT2D eigenvalue weighted by molar-refractivity contribution is -0.115. The molecule has 4 nitrogen and oxygen atoms in total. The minimum Gasteiger partial charge on any atom is -0.358 e. The summed E-state index contributed by atoms with van der Waals surface area (Å²) in [5.41, 5.74) is 4.08. The molecule has 0 aliphatic rings. The zero-order valence-corrected chi connectivity index (χ0v) is 9.79. The van der Waals surface area contributed by atoms with Crippen LogP contribution in [0.15, 0.2) is 18.2 Å². The highest BCUT2D eigenvalue weighted by Gasteiger charge is 2.06. The van der Waals surface area contributed by atoms with Gasteiger partial charge in [0.15, 0.2) is 0 Å². The molecular formula is C13H13N3O. The number of H-pyrrole nitrogens is 1. The van der Waals surface area contributed by atoms with Crippen LogP contribution in [0.3, 0.4) is 0 Å². The molecule has 17 heavy (non-hydrogen) atoms. The molecule has 86 valence electrons. The predicted octanol–water partition coefficient (Wildman–Crippen LogP) is 2.64. The van der Waals surface area contributed by atoms with E-state index in [4.69, 9.17) is 5.26 Å². The largest absolute Gasteiger partial charge is 0.358 e. The van der Waals surface area contributed by atoms with Crippen molar-refractivity contribution in [3.63, 3.8) is 0 Å².